The molecule has 0 spiro atoms. The summed E-state index contributed by atoms with van der Waals surface area (Å²) >= 11 is 0. The second-order valence-corrected chi connectivity index (χ2v) is 13.7. The molecule has 2 aromatic rings. The van der Waals surface area contributed by atoms with E-state index in [9.17, 15) is 24.3 Å². The number of esters is 2. The minimum absolute atomic E-state index is 0.0302. The maximum Gasteiger partial charge on any atom is 0.307 e. The summed E-state index contributed by atoms with van der Waals surface area (Å²) in [5, 5.41) is 10.4. The fourth-order valence-corrected chi connectivity index (χ4v) is 4.53. The fourth-order valence-electron chi connectivity index (χ4n) is 4.53. The molecule has 0 aliphatic carbocycles. The summed E-state index contributed by atoms with van der Waals surface area (Å²) < 4.78 is 21.7. The van der Waals surface area contributed by atoms with E-state index in [-0.39, 0.29) is 24.7 Å². The van der Waals surface area contributed by atoms with Gasteiger partial charge in [0.05, 0.1) is 45.0 Å². The van der Waals surface area contributed by atoms with Crippen LogP contribution in [0, 0.1) is 11.8 Å². The largest absolute Gasteiger partial charge is 0.481 e. The highest BCUT2D eigenvalue weighted by molar-refractivity contribution is 5.83. The van der Waals surface area contributed by atoms with Crippen LogP contribution in [0.25, 0.3) is 0 Å². The Hall–Kier alpha value is -3.80. The number of carboxylic acids is 1. The molecular formula is C38H57NO10. The first-order valence-electron chi connectivity index (χ1n) is 16.7. The lowest BCUT2D eigenvalue weighted by Crippen LogP contribution is -2.35. The van der Waals surface area contributed by atoms with Crippen LogP contribution in [0.2, 0.25) is 0 Å². The Labute approximate surface area is 292 Å². The summed E-state index contributed by atoms with van der Waals surface area (Å²) in [6, 6.07) is 19.7. The van der Waals surface area contributed by atoms with Crippen molar-refractivity contribution in [1.82, 2.24) is 5.06 Å². The zero-order valence-electron chi connectivity index (χ0n) is 30.6. The summed E-state index contributed by atoms with van der Waals surface area (Å²) in [6.45, 7) is 12.7. The van der Waals surface area contributed by atoms with Gasteiger partial charge in [-0.15, -0.1) is 0 Å². The van der Waals surface area contributed by atoms with Gasteiger partial charge in [-0.2, -0.15) is 0 Å². The number of hydroxylamine groups is 2. The Morgan fingerprint density at radius 1 is 0.673 bits per heavy atom. The highest BCUT2D eigenvalue weighted by Crippen LogP contribution is 2.19. The number of benzene rings is 2. The quantitative estimate of drug-likeness (QED) is 0.0957. The highest BCUT2D eigenvalue weighted by atomic mass is 16.7. The van der Waals surface area contributed by atoms with Gasteiger partial charge in [-0.1, -0.05) is 60.7 Å². The third-order valence-corrected chi connectivity index (χ3v) is 6.85. The SMILES string of the molecule is CC(C)(C)OC(=O)C[C@H](CCCOCc1ccccc1)C(=O)O.CON(C)C(=O)[C@@H](CCCOCc1ccccc1)CC(=O)OC(C)(C)C. The van der Waals surface area contributed by atoms with Crippen molar-refractivity contribution in [2.24, 2.45) is 11.8 Å². The topological polar surface area (TPSA) is 138 Å². The van der Waals surface area contributed by atoms with E-state index in [4.69, 9.17) is 23.8 Å². The van der Waals surface area contributed by atoms with Crippen molar-refractivity contribution in [3.63, 3.8) is 0 Å². The number of hydrogen-bond donors (Lipinski definition) is 1. The summed E-state index contributed by atoms with van der Waals surface area (Å²) in [7, 11) is 2.96. The van der Waals surface area contributed by atoms with E-state index >= 15 is 0 Å². The van der Waals surface area contributed by atoms with Crippen molar-refractivity contribution in [1.29, 1.82) is 0 Å². The van der Waals surface area contributed by atoms with Crippen LogP contribution < -0.4 is 0 Å². The zero-order valence-corrected chi connectivity index (χ0v) is 30.6. The van der Waals surface area contributed by atoms with E-state index in [1.807, 2.05) is 60.7 Å². The number of rotatable bonds is 19. The maximum absolute atomic E-state index is 12.4. The molecule has 0 saturated carbocycles. The average Bonchev–Trinajstić information content (AvgIpc) is 3.02. The van der Waals surface area contributed by atoms with Gasteiger partial charge in [0, 0.05) is 20.3 Å². The van der Waals surface area contributed by atoms with E-state index in [0.29, 0.717) is 52.1 Å². The first-order chi connectivity index (χ1) is 23.0. The molecular weight excluding hydrogens is 630 g/mol. The maximum atomic E-state index is 12.4. The molecule has 11 nitrogen and oxygen atoms in total. The van der Waals surface area contributed by atoms with Crippen LogP contribution in [0.15, 0.2) is 60.7 Å². The molecule has 0 radical (unpaired) electrons. The number of carbonyl (C=O) groups is 4. The summed E-state index contributed by atoms with van der Waals surface area (Å²) in [6.07, 6.45) is 2.11. The predicted octanol–water partition coefficient (Wildman–Crippen LogP) is 6.77. The van der Waals surface area contributed by atoms with Crippen LogP contribution in [0.1, 0.15) is 91.2 Å². The molecule has 1 amide bonds. The Morgan fingerprint density at radius 2 is 1.06 bits per heavy atom. The van der Waals surface area contributed by atoms with E-state index in [1.54, 1.807) is 41.5 Å². The summed E-state index contributed by atoms with van der Waals surface area (Å²) in [5.41, 5.74) is 1.01. The van der Waals surface area contributed by atoms with Crippen molar-refractivity contribution < 1.29 is 48.1 Å². The molecule has 2 aromatic carbocycles. The standard InChI is InChI=1S/C20H31NO5.C18H26O5/c1-20(2,3)26-18(22)14-17(19(23)21(4)24-5)12-9-13-25-15-16-10-7-6-8-11-16;1-18(2,3)23-16(19)12-15(17(20)21)10-7-11-22-13-14-8-5-4-6-9-14/h6-8,10-11,17H,9,12-15H2,1-5H3;4-6,8-9,15H,7,10-13H2,1-3H3,(H,20,21)/t17-;15-/m00/s1. The van der Waals surface area contributed by atoms with E-state index in [0.717, 1.165) is 16.2 Å². The second-order valence-electron chi connectivity index (χ2n) is 13.7. The molecule has 0 fully saturated rings. The molecule has 49 heavy (non-hydrogen) atoms. The molecule has 0 aromatic heterocycles. The fraction of sp³-hybridized carbons (Fsp3) is 0.579. The average molecular weight is 688 g/mol. The smallest absolute Gasteiger partial charge is 0.307 e. The number of amides is 1. The van der Waals surface area contributed by atoms with E-state index in [1.165, 1.54) is 14.2 Å². The molecule has 2 atom stereocenters. The van der Waals surface area contributed by atoms with Gasteiger partial charge in [-0.25, -0.2) is 5.06 Å². The Bertz CT molecular complexity index is 1240. The second kappa shape index (κ2) is 22.8. The zero-order chi connectivity index (χ0) is 36.9. The third-order valence-electron chi connectivity index (χ3n) is 6.85. The van der Waals surface area contributed by atoms with Gasteiger partial charge in [0.1, 0.15) is 11.2 Å². The van der Waals surface area contributed by atoms with Crippen molar-refractivity contribution in [2.75, 3.05) is 27.4 Å². The monoisotopic (exact) mass is 687 g/mol. The number of carbonyl (C=O) groups excluding carboxylic acids is 3. The molecule has 0 saturated heterocycles. The summed E-state index contributed by atoms with van der Waals surface area (Å²) in [4.78, 5) is 52.4. The molecule has 1 N–H and O–H groups in total. The Morgan fingerprint density at radius 3 is 1.43 bits per heavy atom. The Balaban J connectivity index is 0.000000494. The molecule has 274 valence electrons. The molecule has 2 rings (SSSR count). The van der Waals surface area contributed by atoms with Crippen LogP contribution >= 0.6 is 0 Å². The molecule has 0 aliphatic heterocycles. The number of ether oxygens (including phenoxy) is 4. The van der Waals surface area contributed by atoms with Crippen LogP contribution in [0.5, 0.6) is 0 Å². The van der Waals surface area contributed by atoms with Gasteiger partial charge in [0.2, 0.25) is 5.91 Å². The van der Waals surface area contributed by atoms with Crippen LogP contribution in [0.3, 0.4) is 0 Å². The Kier molecular flexibility index (Phi) is 20.1. The van der Waals surface area contributed by atoms with E-state index < -0.39 is 35.0 Å². The number of hydrogen-bond acceptors (Lipinski definition) is 9. The van der Waals surface area contributed by atoms with Crippen molar-refractivity contribution in [2.45, 2.75) is 104 Å². The number of carboxylic acid groups (broad SMARTS) is 1. The molecule has 11 heteroatoms. The van der Waals surface area contributed by atoms with Crippen LogP contribution in [-0.2, 0) is 56.2 Å². The van der Waals surface area contributed by atoms with Crippen molar-refractivity contribution in [3.8, 4) is 0 Å². The minimum atomic E-state index is -0.973. The molecule has 0 bridgehead atoms. The van der Waals surface area contributed by atoms with Crippen molar-refractivity contribution in [3.05, 3.63) is 71.8 Å². The van der Waals surface area contributed by atoms with Crippen LogP contribution in [-0.4, -0.2) is 72.6 Å². The number of nitrogens with zero attached hydrogens (tertiary/aromatic N) is 1. The van der Waals surface area contributed by atoms with Gasteiger partial charge in [0.25, 0.3) is 0 Å². The van der Waals surface area contributed by atoms with Gasteiger partial charge in [-0.05, 0) is 78.4 Å². The highest BCUT2D eigenvalue weighted by Gasteiger charge is 2.28. The lowest BCUT2D eigenvalue weighted by molar-refractivity contribution is -0.177. The van der Waals surface area contributed by atoms with Crippen molar-refractivity contribution >= 4 is 23.8 Å². The molecule has 0 heterocycles. The van der Waals surface area contributed by atoms with Crippen LogP contribution in [0.4, 0.5) is 0 Å². The molecule has 0 aliphatic rings. The normalized spacial score (nSPS) is 12.6. The lowest BCUT2D eigenvalue weighted by Gasteiger charge is -2.24. The predicted molar refractivity (Wildman–Crippen MR) is 186 cm³/mol. The van der Waals surface area contributed by atoms with Gasteiger partial charge in [0.15, 0.2) is 0 Å². The first kappa shape index (κ1) is 43.2. The first-order valence-corrected chi connectivity index (χ1v) is 16.7. The lowest BCUT2D eigenvalue weighted by atomic mass is 9.98. The third kappa shape index (κ3) is 21.7. The minimum Gasteiger partial charge on any atom is -0.481 e. The van der Waals surface area contributed by atoms with E-state index in [2.05, 4.69) is 0 Å². The van der Waals surface area contributed by atoms with Gasteiger partial charge < -0.3 is 24.1 Å². The molecule has 0 unspecified atom stereocenters. The van der Waals surface area contributed by atoms with Gasteiger partial charge >= 0.3 is 17.9 Å². The summed E-state index contributed by atoms with van der Waals surface area (Å²) in [5.74, 6) is -3.29. The number of aliphatic carboxylic acids is 1. The van der Waals surface area contributed by atoms with Gasteiger partial charge in [-0.3, -0.25) is 24.0 Å².